The summed E-state index contributed by atoms with van der Waals surface area (Å²) in [4.78, 5) is 24.9. The van der Waals surface area contributed by atoms with Gasteiger partial charge in [-0.1, -0.05) is 54.9 Å². The molecule has 0 heterocycles. The van der Waals surface area contributed by atoms with Crippen molar-refractivity contribution in [1.82, 2.24) is 0 Å². The standard InChI is InChI=1S/C22H22BrNO3/c1-22(2,3)14-6-4-13-5-11-17(19(21(26)27)18(13)12-14)20(25)24-16-9-7-15(23)8-10-16/h4,6-10,12H,5,11H2,1-3H3,(H,24,25)(H,26,27). The van der Waals surface area contributed by atoms with Crippen molar-refractivity contribution >= 4 is 39.1 Å². The van der Waals surface area contributed by atoms with Crippen molar-refractivity contribution in [2.24, 2.45) is 0 Å². The lowest BCUT2D eigenvalue weighted by Crippen LogP contribution is -2.23. The lowest BCUT2D eigenvalue weighted by molar-refractivity contribution is -0.130. The summed E-state index contributed by atoms with van der Waals surface area (Å²) < 4.78 is 0.909. The van der Waals surface area contributed by atoms with Gasteiger partial charge in [0, 0.05) is 15.7 Å². The summed E-state index contributed by atoms with van der Waals surface area (Å²) in [6.45, 7) is 6.26. The van der Waals surface area contributed by atoms with Crippen molar-refractivity contribution in [3.05, 3.63) is 69.2 Å². The molecule has 2 aromatic carbocycles. The summed E-state index contributed by atoms with van der Waals surface area (Å²) in [6, 6.07) is 13.2. The molecule has 0 unspecified atom stereocenters. The third-order valence-corrected chi connectivity index (χ3v) is 5.31. The lowest BCUT2D eigenvalue weighted by Gasteiger charge is -2.25. The van der Waals surface area contributed by atoms with Crippen LogP contribution in [0.1, 0.15) is 43.9 Å². The number of hydrogen-bond acceptors (Lipinski definition) is 2. The van der Waals surface area contributed by atoms with Crippen LogP contribution in [-0.4, -0.2) is 17.0 Å². The fourth-order valence-corrected chi connectivity index (χ4v) is 3.52. The van der Waals surface area contributed by atoms with Gasteiger partial charge in [-0.25, -0.2) is 4.79 Å². The molecule has 1 aliphatic carbocycles. The highest BCUT2D eigenvalue weighted by Gasteiger charge is 2.29. The first-order valence-electron chi connectivity index (χ1n) is 8.84. The highest BCUT2D eigenvalue weighted by Crippen LogP contribution is 2.35. The van der Waals surface area contributed by atoms with Gasteiger partial charge >= 0.3 is 5.97 Å². The van der Waals surface area contributed by atoms with E-state index < -0.39 is 5.97 Å². The molecule has 0 fully saturated rings. The van der Waals surface area contributed by atoms with Crippen LogP contribution in [-0.2, 0) is 21.4 Å². The van der Waals surface area contributed by atoms with Gasteiger partial charge in [0.15, 0.2) is 0 Å². The summed E-state index contributed by atoms with van der Waals surface area (Å²) in [5.41, 5.74) is 3.64. The molecule has 1 amide bonds. The van der Waals surface area contributed by atoms with E-state index in [0.717, 1.165) is 15.6 Å². The number of benzene rings is 2. The Kier molecular flexibility index (Phi) is 5.24. The SMILES string of the molecule is CC(C)(C)c1ccc2c(c1)C(C(=O)O)=C(C(=O)Nc1ccc(Br)cc1)CC2. The highest BCUT2D eigenvalue weighted by molar-refractivity contribution is 9.10. The average molecular weight is 428 g/mol. The Morgan fingerprint density at radius 2 is 1.70 bits per heavy atom. The summed E-state index contributed by atoms with van der Waals surface area (Å²) in [5.74, 6) is -1.43. The zero-order valence-corrected chi connectivity index (χ0v) is 17.2. The van der Waals surface area contributed by atoms with Gasteiger partial charge in [0.1, 0.15) is 0 Å². The second kappa shape index (κ2) is 7.31. The van der Waals surface area contributed by atoms with Crippen LogP contribution in [0.5, 0.6) is 0 Å². The summed E-state index contributed by atoms with van der Waals surface area (Å²) in [6.07, 6.45) is 1.06. The Morgan fingerprint density at radius 3 is 2.30 bits per heavy atom. The highest BCUT2D eigenvalue weighted by atomic mass is 79.9. The van der Waals surface area contributed by atoms with Crippen molar-refractivity contribution < 1.29 is 14.7 Å². The van der Waals surface area contributed by atoms with E-state index in [-0.39, 0.29) is 16.9 Å². The number of carbonyl (C=O) groups excluding carboxylic acids is 1. The van der Waals surface area contributed by atoms with Crippen molar-refractivity contribution in [2.75, 3.05) is 5.32 Å². The second-order valence-electron chi connectivity index (χ2n) is 7.74. The molecule has 0 aromatic heterocycles. The van der Waals surface area contributed by atoms with Gasteiger partial charge in [-0.3, -0.25) is 4.79 Å². The molecule has 0 saturated heterocycles. The van der Waals surface area contributed by atoms with Crippen LogP contribution in [0.15, 0.2) is 52.5 Å². The van der Waals surface area contributed by atoms with Crippen molar-refractivity contribution in [3.63, 3.8) is 0 Å². The van der Waals surface area contributed by atoms with E-state index in [1.165, 1.54) is 0 Å². The molecule has 3 rings (SSSR count). The first kappa shape index (κ1) is 19.4. The maximum Gasteiger partial charge on any atom is 0.336 e. The summed E-state index contributed by atoms with van der Waals surface area (Å²) in [5, 5.41) is 12.7. The Balaban J connectivity index is 2.04. The maximum atomic E-state index is 12.8. The lowest BCUT2D eigenvalue weighted by atomic mass is 9.79. The molecule has 27 heavy (non-hydrogen) atoms. The molecule has 0 atom stereocenters. The molecule has 1 aliphatic rings. The molecule has 0 radical (unpaired) electrons. The predicted octanol–water partition coefficient (Wildman–Crippen LogP) is 5.17. The van der Waals surface area contributed by atoms with Gasteiger partial charge in [0.25, 0.3) is 5.91 Å². The number of halogens is 1. The Hall–Kier alpha value is -2.40. The van der Waals surface area contributed by atoms with Crippen LogP contribution in [0.3, 0.4) is 0 Å². The van der Waals surface area contributed by atoms with Crippen LogP contribution < -0.4 is 5.32 Å². The minimum atomic E-state index is -1.07. The van der Waals surface area contributed by atoms with Crippen molar-refractivity contribution in [2.45, 2.75) is 39.0 Å². The molecular weight excluding hydrogens is 406 g/mol. The van der Waals surface area contributed by atoms with Crippen molar-refractivity contribution in [1.29, 1.82) is 0 Å². The van der Waals surface area contributed by atoms with Crippen LogP contribution in [0.4, 0.5) is 5.69 Å². The van der Waals surface area contributed by atoms with Gasteiger partial charge in [0.2, 0.25) is 0 Å². The Labute approximate surface area is 167 Å². The van der Waals surface area contributed by atoms with Crippen LogP contribution in [0.25, 0.3) is 5.57 Å². The third kappa shape index (κ3) is 4.14. The van der Waals surface area contributed by atoms with Gasteiger partial charge in [-0.15, -0.1) is 0 Å². The van der Waals surface area contributed by atoms with Gasteiger partial charge in [-0.05, 0) is 59.2 Å². The number of fused-ring (bicyclic) bond motifs is 1. The maximum absolute atomic E-state index is 12.8. The number of amides is 1. The molecule has 2 N–H and O–H groups in total. The normalized spacial score (nSPS) is 13.9. The Bertz CT molecular complexity index is 937. The van der Waals surface area contributed by atoms with Crippen molar-refractivity contribution in [3.8, 4) is 0 Å². The van der Waals surface area contributed by atoms with Crippen LogP contribution in [0.2, 0.25) is 0 Å². The number of hydrogen-bond donors (Lipinski definition) is 2. The minimum absolute atomic E-state index is 0.101. The van der Waals surface area contributed by atoms with Gasteiger partial charge in [-0.2, -0.15) is 0 Å². The van der Waals surface area contributed by atoms with E-state index in [1.54, 1.807) is 12.1 Å². The number of anilines is 1. The first-order valence-corrected chi connectivity index (χ1v) is 9.63. The number of carboxylic acids is 1. The minimum Gasteiger partial charge on any atom is -0.478 e. The number of aliphatic carboxylic acids is 1. The molecule has 2 aromatic rings. The van der Waals surface area contributed by atoms with Gasteiger partial charge in [0.05, 0.1) is 5.57 Å². The average Bonchev–Trinajstić information content (AvgIpc) is 2.61. The fourth-order valence-electron chi connectivity index (χ4n) is 3.25. The molecule has 4 nitrogen and oxygen atoms in total. The largest absolute Gasteiger partial charge is 0.478 e. The number of carboxylic acid groups (broad SMARTS) is 1. The van der Waals surface area contributed by atoms with Crippen LogP contribution >= 0.6 is 15.9 Å². The van der Waals surface area contributed by atoms with E-state index in [0.29, 0.717) is 29.7 Å². The third-order valence-electron chi connectivity index (χ3n) is 4.78. The van der Waals surface area contributed by atoms with Gasteiger partial charge < -0.3 is 10.4 Å². The Morgan fingerprint density at radius 1 is 1.04 bits per heavy atom. The van der Waals surface area contributed by atoms with E-state index in [1.807, 2.05) is 30.3 Å². The number of carbonyl (C=O) groups is 2. The molecule has 0 aliphatic heterocycles. The zero-order chi connectivity index (χ0) is 19.8. The predicted molar refractivity (Wildman–Crippen MR) is 111 cm³/mol. The van der Waals surface area contributed by atoms with E-state index in [4.69, 9.17) is 0 Å². The number of nitrogens with one attached hydrogen (secondary N) is 1. The first-order chi connectivity index (χ1) is 12.7. The molecule has 140 valence electrons. The zero-order valence-electron chi connectivity index (χ0n) is 15.6. The molecule has 0 spiro atoms. The topological polar surface area (TPSA) is 66.4 Å². The van der Waals surface area contributed by atoms with E-state index >= 15 is 0 Å². The van der Waals surface area contributed by atoms with Crippen LogP contribution in [0, 0.1) is 0 Å². The molecule has 0 bridgehead atoms. The summed E-state index contributed by atoms with van der Waals surface area (Å²) >= 11 is 3.36. The van der Waals surface area contributed by atoms with E-state index in [2.05, 4.69) is 42.0 Å². The quantitative estimate of drug-likeness (QED) is 0.709. The molecule has 0 saturated carbocycles. The molecule has 5 heteroatoms. The fraction of sp³-hybridized carbons (Fsp3) is 0.273. The number of rotatable bonds is 3. The van der Waals surface area contributed by atoms with E-state index in [9.17, 15) is 14.7 Å². The summed E-state index contributed by atoms with van der Waals surface area (Å²) in [7, 11) is 0. The second-order valence-corrected chi connectivity index (χ2v) is 8.66. The monoisotopic (exact) mass is 427 g/mol. The molecular formula is C22H22BrNO3. The number of aryl methyl sites for hydroxylation is 1. The smallest absolute Gasteiger partial charge is 0.336 e.